The molecule has 0 atom stereocenters. The van der Waals surface area contributed by atoms with E-state index in [4.69, 9.17) is 4.18 Å². The first-order chi connectivity index (χ1) is 15.7. The van der Waals surface area contributed by atoms with Crippen molar-refractivity contribution < 1.29 is 22.2 Å². The first-order valence-electron chi connectivity index (χ1n) is 10.1. The molecule has 8 heteroatoms. The molecule has 0 aromatic heterocycles. The molecule has 0 bridgehead atoms. The Labute approximate surface area is 197 Å². The molecule has 1 heterocycles. The molecule has 0 unspecified atom stereocenters. The molecule has 168 valence electrons. The van der Waals surface area contributed by atoms with Crippen molar-refractivity contribution in [3.05, 3.63) is 100.0 Å². The van der Waals surface area contributed by atoms with E-state index in [1.807, 2.05) is 38.1 Å². The van der Waals surface area contributed by atoms with E-state index >= 15 is 0 Å². The molecular weight excluding hydrogens is 458 g/mol. The number of carbonyl (C=O) groups is 2. The molecule has 3 aromatic rings. The van der Waals surface area contributed by atoms with Crippen molar-refractivity contribution >= 4 is 39.1 Å². The number of nitrogens with zero attached hydrogens (tertiary/aromatic N) is 1. The van der Waals surface area contributed by atoms with Crippen molar-refractivity contribution in [1.82, 2.24) is 4.90 Å². The Morgan fingerprint density at radius 3 is 2.24 bits per heavy atom. The van der Waals surface area contributed by atoms with E-state index in [0.29, 0.717) is 10.5 Å². The summed E-state index contributed by atoms with van der Waals surface area (Å²) in [6.45, 7) is 4.03. The second kappa shape index (κ2) is 9.25. The summed E-state index contributed by atoms with van der Waals surface area (Å²) in [5.41, 5.74) is 3.52. The summed E-state index contributed by atoms with van der Waals surface area (Å²) in [7, 11) is -3.95. The molecule has 1 aliphatic heterocycles. The zero-order valence-electron chi connectivity index (χ0n) is 18.0. The fourth-order valence-electron chi connectivity index (χ4n) is 3.24. The average Bonchev–Trinajstić information content (AvgIpc) is 3.04. The third-order valence-corrected chi connectivity index (χ3v) is 7.33. The van der Waals surface area contributed by atoms with Gasteiger partial charge in [0.2, 0.25) is 0 Å². The number of benzene rings is 3. The van der Waals surface area contributed by atoms with Gasteiger partial charge in [-0.25, -0.2) is 0 Å². The van der Waals surface area contributed by atoms with Gasteiger partial charge < -0.3 is 4.18 Å². The molecular formula is C25H21NO5S2. The molecule has 0 aliphatic carbocycles. The summed E-state index contributed by atoms with van der Waals surface area (Å²) >= 11 is 0.886. The standard InChI is InChI=1S/C25H21NO5S2/c1-17-7-13-22(14-8-17)33(29,30)31-21-11-9-19(10-12-21)15-23-24(27)26(25(28)32-23)16-20-6-4-3-5-18(20)2/h3-15H,16H2,1-2H3/b23-15-. The summed E-state index contributed by atoms with van der Waals surface area (Å²) in [6.07, 6.45) is 1.61. The maximum atomic E-state index is 12.8. The number of hydrogen-bond donors (Lipinski definition) is 0. The molecule has 33 heavy (non-hydrogen) atoms. The van der Waals surface area contributed by atoms with Crippen molar-refractivity contribution in [1.29, 1.82) is 0 Å². The van der Waals surface area contributed by atoms with E-state index in [2.05, 4.69) is 0 Å². The molecule has 2 amide bonds. The van der Waals surface area contributed by atoms with Crippen LogP contribution in [0.4, 0.5) is 4.79 Å². The van der Waals surface area contributed by atoms with E-state index in [0.717, 1.165) is 28.5 Å². The highest BCUT2D eigenvalue weighted by molar-refractivity contribution is 8.18. The largest absolute Gasteiger partial charge is 0.379 e. The zero-order valence-corrected chi connectivity index (χ0v) is 19.7. The highest BCUT2D eigenvalue weighted by atomic mass is 32.2. The van der Waals surface area contributed by atoms with Gasteiger partial charge in [0.05, 0.1) is 11.4 Å². The van der Waals surface area contributed by atoms with Gasteiger partial charge in [-0.15, -0.1) is 0 Å². The van der Waals surface area contributed by atoms with Crippen LogP contribution >= 0.6 is 11.8 Å². The summed E-state index contributed by atoms with van der Waals surface area (Å²) in [4.78, 5) is 26.8. The van der Waals surface area contributed by atoms with Crippen molar-refractivity contribution in [3.8, 4) is 5.75 Å². The predicted octanol–water partition coefficient (Wildman–Crippen LogP) is 5.31. The molecule has 0 N–H and O–H groups in total. The highest BCUT2D eigenvalue weighted by Gasteiger charge is 2.35. The lowest BCUT2D eigenvalue weighted by atomic mass is 10.1. The Bertz CT molecular complexity index is 1340. The van der Waals surface area contributed by atoms with Gasteiger partial charge in [0.15, 0.2) is 0 Å². The second-order valence-corrected chi connectivity index (χ2v) is 10.2. The van der Waals surface area contributed by atoms with Crippen molar-refractivity contribution in [2.75, 3.05) is 0 Å². The van der Waals surface area contributed by atoms with Gasteiger partial charge in [-0.1, -0.05) is 54.1 Å². The lowest BCUT2D eigenvalue weighted by molar-refractivity contribution is -0.123. The maximum absolute atomic E-state index is 12.8. The van der Waals surface area contributed by atoms with Crippen LogP contribution < -0.4 is 4.18 Å². The van der Waals surface area contributed by atoms with Gasteiger partial charge in [0.25, 0.3) is 11.1 Å². The molecule has 0 saturated carbocycles. The highest BCUT2D eigenvalue weighted by Crippen LogP contribution is 2.34. The molecule has 4 rings (SSSR count). The first kappa shape index (κ1) is 22.8. The number of amides is 2. The topological polar surface area (TPSA) is 80.8 Å². The minimum atomic E-state index is -3.95. The Hall–Kier alpha value is -3.36. The van der Waals surface area contributed by atoms with E-state index in [9.17, 15) is 18.0 Å². The molecule has 6 nitrogen and oxygen atoms in total. The predicted molar refractivity (Wildman–Crippen MR) is 128 cm³/mol. The van der Waals surface area contributed by atoms with Crippen molar-refractivity contribution in [2.24, 2.45) is 0 Å². The van der Waals surface area contributed by atoms with Crippen LogP contribution in [0.5, 0.6) is 5.75 Å². The number of hydrogen-bond acceptors (Lipinski definition) is 6. The zero-order chi connectivity index (χ0) is 23.6. The van der Waals surface area contributed by atoms with Gasteiger partial charge in [0.1, 0.15) is 10.6 Å². The van der Waals surface area contributed by atoms with E-state index < -0.39 is 10.1 Å². The number of thioether (sulfide) groups is 1. The smallest absolute Gasteiger partial charge is 0.339 e. The number of rotatable bonds is 6. The Kier molecular flexibility index (Phi) is 6.40. The molecule has 3 aromatic carbocycles. The minimum Gasteiger partial charge on any atom is -0.379 e. The summed E-state index contributed by atoms with van der Waals surface area (Å²) < 4.78 is 30.1. The summed E-state index contributed by atoms with van der Waals surface area (Å²) in [5.74, 6) is -0.198. The average molecular weight is 480 g/mol. The lowest BCUT2D eigenvalue weighted by Crippen LogP contribution is -2.27. The van der Waals surface area contributed by atoms with Crippen LogP contribution in [0.2, 0.25) is 0 Å². The quantitative estimate of drug-likeness (QED) is 0.352. The van der Waals surface area contributed by atoms with Crippen LogP contribution in [0.3, 0.4) is 0 Å². The fraction of sp³-hybridized carbons (Fsp3) is 0.120. The van der Waals surface area contributed by atoms with Crippen molar-refractivity contribution in [2.45, 2.75) is 25.3 Å². The van der Waals surface area contributed by atoms with E-state index in [1.165, 1.54) is 29.2 Å². The van der Waals surface area contributed by atoms with E-state index in [-0.39, 0.29) is 28.3 Å². The first-order valence-corrected chi connectivity index (χ1v) is 12.4. The fourth-order valence-corrected chi connectivity index (χ4v) is 5.01. The van der Waals surface area contributed by atoms with Crippen LogP contribution in [0.15, 0.2) is 82.6 Å². The van der Waals surface area contributed by atoms with Gasteiger partial charge in [0, 0.05) is 0 Å². The SMILES string of the molecule is Cc1ccc(S(=O)(=O)Oc2ccc(/C=C3\SC(=O)N(Cc4ccccc4C)C3=O)cc2)cc1. The molecule has 0 spiro atoms. The Morgan fingerprint density at radius 2 is 1.58 bits per heavy atom. The minimum absolute atomic E-state index is 0.0690. The number of imide groups is 1. The lowest BCUT2D eigenvalue weighted by Gasteiger charge is -2.14. The van der Waals surface area contributed by atoms with Crippen LogP contribution in [-0.4, -0.2) is 24.5 Å². The Balaban J connectivity index is 1.47. The van der Waals surface area contributed by atoms with Crippen LogP contribution in [-0.2, 0) is 21.5 Å². The third-order valence-electron chi connectivity index (χ3n) is 5.16. The van der Waals surface area contributed by atoms with Gasteiger partial charge in [-0.2, -0.15) is 8.42 Å². The molecule has 0 radical (unpaired) electrons. The maximum Gasteiger partial charge on any atom is 0.339 e. The summed E-state index contributed by atoms with van der Waals surface area (Å²) in [5, 5.41) is -0.321. The van der Waals surface area contributed by atoms with Gasteiger partial charge in [-0.3, -0.25) is 14.5 Å². The Morgan fingerprint density at radius 1 is 0.909 bits per heavy atom. The van der Waals surface area contributed by atoms with Crippen molar-refractivity contribution in [3.63, 3.8) is 0 Å². The third kappa shape index (κ3) is 5.18. The molecule has 1 fully saturated rings. The van der Waals surface area contributed by atoms with E-state index in [1.54, 1.807) is 30.3 Å². The van der Waals surface area contributed by atoms with Gasteiger partial charge in [-0.05, 0) is 72.6 Å². The van der Waals surface area contributed by atoms with Crippen LogP contribution in [0, 0.1) is 13.8 Å². The number of aryl methyl sites for hydroxylation is 2. The van der Waals surface area contributed by atoms with Crippen LogP contribution in [0.1, 0.15) is 22.3 Å². The van der Waals surface area contributed by atoms with Gasteiger partial charge >= 0.3 is 10.1 Å². The molecule has 1 aliphatic rings. The summed E-state index contributed by atoms with van der Waals surface area (Å²) in [6, 6.07) is 20.3. The molecule has 1 saturated heterocycles. The monoisotopic (exact) mass is 479 g/mol. The second-order valence-electron chi connectivity index (χ2n) is 7.61. The normalized spacial score (nSPS) is 15.3. The number of carbonyl (C=O) groups excluding carboxylic acids is 2. The van der Waals surface area contributed by atoms with Crippen LogP contribution in [0.25, 0.3) is 6.08 Å².